The van der Waals surface area contributed by atoms with Gasteiger partial charge in [0.15, 0.2) is 0 Å². The van der Waals surface area contributed by atoms with Gasteiger partial charge in [-0.3, -0.25) is 0 Å². The molecule has 3 aromatic carbocycles. The molecule has 27 heavy (non-hydrogen) atoms. The van der Waals surface area contributed by atoms with Crippen LogP contribution in [0.15, 0.2) is 97.1 Å². The standard InChI is InChI=1S/C25H21FO/c1-19(24-10-6-7-11-25(24)26)22(15-12-20-8-4-3-5-9-20)18-21-13-16-23(27-2)17-14-21/h3-18H,1H2,2H3. The van der Waals surface area contributed by atoms with Crippen LogP contribution in [0, 0.1) is 5.82 Å². The molecule has 0 aromatic heterocycles. The van der Waals surface area contributed by atoms with E-state index in [-0.39, 0.29) is 5.82 Å². The first-order chi connectivity index (χ1) is 13.2. The van der Waals surface area contributed by atoms with Gasteiger partial charge in [-0.25, -0.2) is 4.39 Å². The third-order valence-corrected chi connectivity index (χ3v) is 4.24. The average Bonchev–Trinajstić information content (AvgIpc) is 2.72. The monoisotopic (exact) mass is 356 g/mol. The van der Waals surface area contributed by atoms with Gasteiger partial charge in [0.05, 0.1) is 7.11 Å². The Morgan fingerprint density at radius 2 is 1.52 bits per heavy atom. The van der Waals surface area contributed by atoms with Gasteiger partial charge in [-0.2, -0.15) is 0 Å². The smallest absolute Gasteiger partial charge is 0.131 e. The Morgan fingerprint density at radius 3 is 2.19 bits per heavy atom. The number of methoxy groups -OCH3 is 1. The van der Waals surface area contributed by atoms with Crippen LogP contribution >= 0.6 is 0 Å². The Bertz CT molecular complexity index is 967. The second kappa shape index (κ2) is 8.81. The Balaban J connectivity index is 1.99. The lowest BCUT2D eigenvalue weighted by Gasteiger charge is -2.10. The molecule has 0 N–H and O–H groups in total. The zero-order valence-electron chi connectivity index (χ0n) is 15.2. The highest BCUT2D eigenvalue weighted by molar-refractivity contribution is 5.87. The number of hydrogen-bond acceptors (Lipinski definition) is 1. The minimum absolute atomic E-state index is 0.281. The van der Waals surface area contributed by atoms with Crippen molar-refractivity contribution in [1.82, 2.24) is 0 Å². The van der Waals surface area contributed by atoms with Gasteiger partial charge in [-0.15, -0.1) is 0 Å². The van der Waals surface area contributed by atoms with Gasteiger partial charge in [0.2, 0.25) is 0 Å². The quantitative estimate of drug-likeness (QED) is 0.450. The molecule has 2 heteroatoms. The lowest BCUT2D eigenvalue weighted by atomic mass is 9.96. The minimum Gasteiger partial charge on any atom is -0.497 e. The van der Waals surface area contributed by atoms with Crippen molar-refractivity contribution in [2.45, 2.75) is 0 Å². The van der Waals surface area contributed by atoms with Crippen LogP contribution in [0.5, 0.6) is 5.75 Å². The predicted molar refractivity (Wildman–Crippen MR) is 112 cm³/mol. The summed E-state index contributed by atoms with van der Waals surface area (Å²) in [5.74, 6) is 0.512. The second-order valence-corrected chi connectivity index (χ2v) is 6.08. The van der Waals surface area contributed by atoms with E-state index in [1.807, 2.05) is 78.9 Å². The lowest BCUT2D eigenvalue weighted by Crippen LogP contribution is -1.91. The summed E-state index contributed by atoms with van der Waals surface area (Å²) in [6, 6.07) is 24.4. The molecule has 0 radical (unpaired) electrons. The number of ether oxygens (including phenoxy) is 1. The van der Waals surface area contributed by atoms with Gasteiger partial charge < -0.3 is 4.74 Å². The van der Waals surface area contributed by atoms with E-state index in [2.05, 4.69) is 6.58 Å². The number of halogens is 1. The Hall–Kier alpha value is -3.39. The summed E-state index contributed by atoms with van der Waals surface area (Å²) in [5, 5.41) is 0. The van der Waals surface area contributed by atoms with E-state index in [4.69, 9.17) is 4.74 Å². The molecule has 0 unspecified atom stereocenters. The van der Waals surface area contributed by atoms with Crippen molar-refractivity contribution in [1.29, 1.82) is 0 Å². The summed E-state index contributed by atoms with van der Waals surface area (Å²) in [5.41, 5.74) is 4.03. The summed E-state index contributed by atoms with van der Waals surface area (Å²) < 4.78 is 19.5. The molecule has 0 saturated carbocycles. The van der Waals surface area contributed by atoms with Crippen molar-refractivity contribution in [3.63, 3.8) is 0 Å². The van der Waals surface area contributed by atoms with E-state index in [9.17, 15) is 4.39 Å². The molecule has 0 aliphatic heterocycles. The van der Waals surface area contributed by atoms with Gasteiger partial charge in [0, 0.05) is 5.56 Å². The Labute approximate surface area is 159 Å². The molecule has 0 aliphatic carbocycles. The van der Waals surface area contributed by atoms with Gasteiger partial charge in [-0.05, 0) is 46.5 Å². The summed E-state index contributed by atoms with van der Waals surface area (Å²) >= 11 is 0. The summed E-state index contributed by atoms with van der Waals surface area (Å²) in [6.45, 7) is 4.14. The average molecular weight is 356 g/mol. The van der Waals surface area contributed by atoms with Gasteiger partial charge in [0.25, 0.3) is 0 Å². The maximum Gasteiger partial charge on any atom is 0.131 e. The molecule has 134 valence electrons. The van der Waals surface area contributed by atoms with Crippen molar-refractivity contribution < 1.29 is 9.13 Å². The van der Waals surface area contributed by atoms with Gasteiger partial charge in [-0.1, -0.05) is 79.4 Å². The fourth-order valence-corrected chi connectivity index (χ4v) is 2.73. The van der Waals surface area contributed by atoms with Crippen molar-refractivity contribution in [2.75, 3.05) is 7.11 Å². The van der Waals surface area contributed by atoms with E-state index in [1.165, 1.54) is 6.07 Å². The Kier molecular flexibility index (Phi) is 6.01. The molecule has 0 spiro atoms. The summed E-state index contributed by atoms with van der Waals surface area (Å²) in [7, 11) is 1.64. The summed E-state index contributed by atoms with van der Waals surface area (Å²) in [4.78, 5) is 0. The molecule has 3 rings (SSSR count). The number of hydrogen-bond donors (Lipinski definition) is 0. The van der Waals surface area contributed by atoms with E-state index in [0.29, 0.717) is 11.1 Å². The fraction of sp³-hybridized carbons (Fsp3) is 0.0400. The molecule has 0 aliphatic rings. The molecule has 0 heterocycles. The Morgan fingerprint density at radius 1 is 0.852 bits per heavy atom. The molecular formula is C25H21FO. The van der Waals surface area contributed by atoms with Crippen molar-refractivity contribution >= 4 is 17.7 Å². The number of allylic oxidation sites excluding steroid dienone is 3. The molecule has 0 saturated heterocycles. The predicted octanol–water partition coefficient (Wildman–Crippen LogP) is 6.64. The first kappa shape index (κ1) is 18.4. The highest BCUT2D eigenvalue weighted by atomic mass is 19.1. The molecule has 0 fully saturated rings. The zero-order valence-corrected chi connectivity index (χ0v) is 15.2. The highest BCUT2D eigenvalue weighted by Gasteiger charge is 2.08. The van der Waals surface area contributed by atoms with Gasteiger partial charge in [0.1, 0.15) is 11.6 Å². The topological polar surface area (TPSA) is 9.23 Å². The maximum absolute atomic E-state index is 14.3. The number of rotatable bonds is 6. The van der Waals surface area contributed by atoms with Crippen molar-refractivity contribution in [2.24, 2.45) is 0 Å². The molecule has 1 nitrogen and oxygen atoms in total. The molecule has 0 atom stereocenters. The first-order valence-electron chi connectivity index (χ1n) is 8.70. The second-order valence-electron chi connectivity index (χ2n) is 6.08. The zero-order chi connectivity index (χ0) is 19.1. The fourth-order valence-electron chi connectivity index (χ4n) is 2.73. The number of benzene rings is 3. The normalized spacial score (nSPS) is 11.6. The van der Waals surface area contributed by atoms with Crippen LogP contribution in [0.25, 0.3) is 17.7 Å². The third kappa shape index (κ3) is 4.83. The van der Waals surface area contributed by atoms with Crippen molar-refractivity contribution in [3.8, 4) is 5.75 Å². The van der Waals surface area contributed by atoms with Crippen molar-refractivity contribution in [3.05, 3.63) is 120 Å². The first-order valence-corrected chi connectivity index (χ1v) is 8.70. The molecule has 0 amide bonds. The third-order valence-electron chi connectivity index (χ3n) is 4.24. The van der Waals surface area contributed by atoms with Crippen LogP contribution in [-0.2, 0) is 0 Å². The van der Waals surface area contributed by atoms with Crippen LogP contribution in [0.4, 0.5) is 4.39 Å². The molecule has 3 aromatic rings. The van der Waals surface area contributed by atoms with Crippen LogP contribution in [0.2, 0.25) is 0 Å². The molecular weight excluding hydrogens is 335 g/mol. The van der Waals surface area contributed by atoms with Crippen LogP contribution in [-0.4, -0.2) is 7.11 Å². The van der Waals surface area contributed by atoms with E-state index in [1.54, 1.807) is 19.2 Å². The largest absolute Gasteiger partial charge is 0.497 e. The van der Waals surface area contributed by atoms with E-state index >= 15 is 0 Å². The minimum atomic E-state index is -0.281. The van der Waals surface area contributed by atoms with Gasteiger partial charge >= 0.3 is 0 Å². The van der Waals surface area contributed by atoms with E-state index in [0.717, 1.165) is 22.4 Å². The van der Waals surface area contributed by atoms with Crippen LogP contribution in [0.3, 0.4) is 0 Å². The lowest BCUT2D eigenvalue weighted by molar-refractivity contribution is 0.415. The van der Waals surface area contributed by atoms with Crippen LogP contribution < -0.4 is 4.74 Å². The highest BCUT2D eigenvalue weighted by Crippen LogP contribution is 2.27. The van der Waals surface area contributed by atoms with Crippen LogP contribution in [0.1, 0.15) is 16.7 Å². The maximum atomic E-state index is 14.3. The summed E-state index contributed by atoms with van der Waals surface area (Å²) in [6.07, 6.45) is 5.96. The molecule has 0 bridgehead atoms. The SMILES string of the molecule is C=C(C(C=Cc1ccccc1)=Cc1ccc(OC)cc1)c1ccccc1F. The van der Waals surface area contributed by atoms with E-state index < -0.39 is 0 Å².